The van der Waals surface area contributed by atoms with Crippen molar-refractivity contribution >= 4 is 24.3 Å². The molecule has 96 valence electrons. The van der Waals surface area contributed by atoms with Crippen molar-refractivity contribution in [1.29, 1.82) is 0 Å². The van der Waals surface area contributed by atoms with E-state index in [1.54, 1.807) is 6.33 Å². The van der Waals surface area contributed by atoms with Crippen molar-refractivity contribution in [1.82, 2.24) is 14.9 Å². The number of hydrogen-bond acceptors (Lipinski definition) is 6. The van der Waals surface area contributed by atoms with Crippen LogP contribution < -0.4 is 10.6 Å². The number of rotatable bonds is 8. The van der Waals surface area contributed by atoms with Gasteiger partial charge in [-0.15, -0.1) is 0 Å². The van der Waals surface area contributed by atoms with E-state index in [1.807, 2.05) is 6.07 Å². The number of nitrogens with zero attached hydrogens (tertiary/aromatic N) is 3. The van der Waals surface area contributed by atoms with E-state index in [0.29, 0.717) is 0 Å². The van der Waals surface area contributed by atoms with Gasteiger partial charge in [0.15, 0.2) is 0 Å². The molecule has 0 aromatic carbocycles. The first-order chi connectivity index (χ1) is 8.22. The number of hydrogen-bond donors (Lipinski definition) is 3. The molecule has 0 atom stereocenters. The summed E-state index contributed by atoms with van der Waals surface area (Å²) >= 11 is 4.14. The van der Waals surface area contributed by atoms with Crippen LogP contribution in [0, 0.1) is 0 Å². The van der Waals surface area contributed by atoms with Gasteiger partial charge in [-0.05, 0) is 27.1 Å². The molecule has 5 nitrogen and oxygen atoms in total. The highest BCUT2D eigenvalue weighted by atomic mass is 32.1. The molecule has 0 unspecified atom stereocenters. The number of thiol groups is 1. The molecular formula is C11H21N5S. The highest BCUT2D eigenvalue weighted by Crippen LogP contribution is 2.08. The lowest BCUT2D eigenvalue weighted by Gasteiger charge is -2.10. The zero-order valence-corrected chi connectivity index (χ0v) is 11.4. The molecule has 0 aliphatic carbocycles. The molecule has 0 spiro atoms. The number of anilines is 2. The molecule has 6 heteroatoms. The number of nitrogens with one attached hydrogen (secondary N) is 2. The molecule has 1 aromatic heterocycles. The molecule has 2 N–H and O–H groups in total. The third kappa shape index (κ3) is 6.33. The first-order valence-corrected chi connectivity index (χ1v) is 6.41. The smallest absolute Gasteiger partial charge is 0.131 e. The summed E-state index contributed by atoms with van der Waals surface area (Å²) < 4.78 is 0. The van der Waals surface area contributed by atoms with Gasteiger partial charge in [-0.2, -0.15) is 12.6 Å². The normalized spacial score (nSPS) is 10.6. The maximum atomic E-state index is 4.17. The van der Waals surface area contributed by atoms with Crippen LogP contribution in [0.2, 0.25) is 0 Å². The minimum Gasteiger partial charge on any atom is -0.370 e. The molecule has 0 aliphatic rings. The van der Waals surface area contributed by atoms with Gasteiger partial charge in [-0.3, -0.25) is 0 Å². The monoisotopic (exact) mass is 255 g/mol. The fourth-order valence-corrected chi connectivity index (χ4v) is 1.46. The Kier molecular flexibility index (Phi) is 6.73. The van der Waals surface area contributed by atoms with Crippen molar-refractivity contribution in [2.75, 3.05) is 50.1 Å². The van der Waals surface area contributed by atoms with Crippen molar-refractivity contribution in [3.8, 4) is 0 Å². The van der Waals surface area contributed by atoms with Gasteiger partial charge in [0.2, 0.25) is 0 Å². The van der Waals surface area contributed by atoms with Crippen LogP contribution in [0.25, 0.3) is 0 Å². The Bertz CT molecular complexity index is 318. The maximum Gasteiger partial charge on any atom is 0.131 e. The van der Waals surface area contributed by atoms with Crippen LogP contribution in [-0.2, 0) is 0 Å². The van der Waals surface area contributed by atoms with Crippen LogP contribution in [0.15, 0.2) is 12.4 Å². The Morgan fingerprint density at radius 2 is 1.82 bits per heavy atom. The predicted octanol–water partition coefficient (Wildman–Crippen LogP) is 1.18. The minimum atomic E-state index is 0.787. The highest BCUT2D eigenvalue weighted by molar-refractivity contribution is 7.80. The third-order valence-electron chi connectivity index (χ3n) is 2.17. The van der Waals surface area contributed by atoms with Gasteiger partial charge in [0.1, 0.15) is 18.0 Å². The van der Waals surface area contributed by atoms with Crippen LogP contribution in [-0.4, -0.2) is 54.4 Å². The molecule has 1 heterocycles. The quantitative estimate of drug-likeness (QED) is 0.481. The van der Waals surface area contributed by atoms with E-state index in [0.717, 1.165) is 43.4 Å². The molecule has 1 rings (SSSR count). The Balaban J connectivity index is 2.32. The zero-order chi connectivity index (χ0) is 12.5. The van der Waals surface area contributed by atoms with Gasteiger partial charge in [0.25, 0.3) is 0 Å². The molecule has 0 radical (unpaired) electrons. The van der Waals surface area contributed by atoms with Crippen LogP contribution in [0.4, 0.5) is 11.6 Å². The molecule has 0 bridgehead atoms. The van der Waals surface area contributed by atoms with E-state index >= 15 is 0 Å². The summed E-state index contributed by atoms with van der Waals surface area (Å²) in [5.41, 5.74) is 0. The summed E-state index contributed by atoms with van der Waals surface area (Å²) in [5, 5.41) is 6.45. The lowest BCUT2D eigenvalue weighted by molar-refractivity contribution is 0.405. The fraction of sp³-hybridized carbons (Fsp3) is 0.636. The van der Waals surface area contributed by atoms with E-state index in [-0.39, 0.29) is 0 Å². The van der Waals surface area contributed by atoms with E-state index in [4.69, 9.17) is 0 Å². The van der Waals surface area contributed by atoms with Crippen LogP contribution in [0.5, 0.6) is 0 Å². The summed E-state index contributed by atoms with van der Waals surface area (Å²) in [6.45, 7) is 2.80. The van der Waals surface area contributed by atoms with Crippen molar-refractivity contribution in [3.05, 3.63) is 12.4 Å². The lowest BCUT2D eigenvalue weighted by Crippen LogP contribution is -2.16. The standard InChI is InChI=1S/C11H21N5S/c1-16(2)6-3-4-12-10-8-11(13-5-7-17)15-9-14-10/h8-9,17H,3-7H2,1-2H3,(H2,12,13,14,15). The summed E-state index contributed by atoms with van der Waals surface area (Å²) in [6, 6.07) is 1.92. The van der Waals surface area contributed by atoms with E-state index < -0.39 is 0 Å². The molecular weight excluding hydrogens is 234 g/mol. The van der Waals surface area contributed by atoms with Gasteiger partial charge < -0.3 is 15.5 Å². The van der Waals surface area contributed by atoms with Gasteiger partial charge in [0, 0.05) is 24.9 Å². The Hall–Kier alpha value is -1.01. The van der Waals surface area contributed by atoms with Crippen molar-refractivity contribution < 1.29 is 0 Å². The average molecular weight is 255 g/mol. The van der Waals surface area contributed by atoms with E-state index in [9.17, 15) is 0 Å². The van der Waals surface area contributed by atoms with Crippen LogP contribution in [0.1, 0.15) is 6.42 Å². The highest BCUT2D eigenvalue weighted by Gasteiger charge is 1.97. The molecule has 17 heavy (non-hydrogen) atoms. The topological polar surface area (TPSA) is 53.1 Å². The van der Waals surface area contributed by atoms with Gasteiger partial charge in [-0.1, -0.05) is 0 Å². The summed E-state index contributed by atoms with van der Waals surface area (Å²) in [4.78, 5) is 10.5. The maximum absolute atomic E-state index is 4.17. The molecule has 1 aromatic rings. The molecule has 0 saturated carbocycles. The average Bonchev–Trinajstić information content (AvgIpc) is 2.32. The van der Waals surface area contributed by atoms with Crippen molar-refractivity contribution in [2.45, 2.75) is 6.42 Å². The second kappa shape index (κ2) is 8.14. The fourth-order valence-electron chi connectivity index (χ4n) is 1.35. The van der Waals surface area contributed by atoms with E-state index in [2.05, 4.69) is 52.2 Å². The van der Waals surface area contributed by atoms with Crippen molar-refractivity contribution in [3.63, 3.8) is 0 Å². The molecule has 0 aliphatic heterocycles. The Morgan fingerprint density at radius 3 is 2.41 bits per heavy atom. The third-order valence-corrected chi connectivity index (χ3v) is 2.40. The van der Waals surface area contributed by atoms with Gasteiger partial charge >= 0.3 is 0 Å². The van der Waals surface area contributed by atoms with Gasteiger partial charge in [0.05, 0.1) is 0 Å². The summed E-state index contributed by atoms with van der Waals surface area (Å²) in [6.07, 6.45) is 2.66. The minimum absolute atomic E-state index is 0.787. The Morgan fingerprint density at radius 1 is 1.18 bits per heavy atom. The van der Waals surface area contributed by atoms with Crippen LogP contribution >= 0.6 is 12.6 Å². The first kappa shape index (κ1) is 14.1. The second-order valence-corrected chi connectivity index (χ2v) is 4.47. The molecule has 0 saturated heterocycles. The molecule has 0 fully saturated rings. The molecule has 0 amide bonds. The summed E-state index contributed by atoms with van der Waals surface area (Å²) in [7, 11) is 4.15. The summed E-state index contributed by atoms with van der Waals surface area (Å²) in [5.74, 6) is 2.49. The second-order valence-electron chi connectivity index (χ2n) is 4.02. The largest absolute Gasteiger partial charge is 0.370 e. The van der Waals surface area contributed by atoms with Gasteiger partial charge in [-0.25, -0.2) is 9.97 Å². The van der Waals surface area contributed by atoms with E-state index in [1.165, 1.54) is 0 Å². The lowest BCUT2D eigenvalue weighted by atomic mass is 10.4. The number of aromatic nitrogens is 2. The SMILES string of the molecule is CN(C)CCCNc1cc(NCCS)ncn1. The van der Waals surface area contributed by atoms with Crippen LogP contribution in [0.3, 0.4) is 0 Å². The van der Waals surface area contributed by atoms with Crippen molar-refractivity contribution in [2.24, 2.45) is 0 Å². The first-order valence-electron chi connectivity index (χ1n) is 5.77. The zero-order valence-electron chi connectivity index (χ0n) is 10.5. The predicted molar refractivity (Wildman–Crippen MR) is 76.0 cm³/mol. The Labute approximate surface area is 108 Å².